The van der Waals surface area contributed by atoms with Crippen molar-refractivity contribution in [3.8, 4) is 0 Å². The van der Waals surface area contributed by atoms with Crippen LogP contribution in [0.4, 0.5) is 9.18 Å². The zero-order valence-corrected chi connectivity index (χ0v) is 22.7. The Morgan fingerprint density at radius 1 is 1.00 bits per heavy atom. The number of benzene rings is 3. The molecule has 0 aliphatic carbocycles. The Bertz CT molecular complexity index is 1340. The van der Waals surface area contributed by atoms with Gasteiger partial charge in [-0.25, -0.2) is 9.18 Å². The van der Waals surface area contributed by atoms with E-state index in [9.17, 15) is 14.0 Å². The molecule has 204 valence electrons. The molecule has 2 N–H and O–H groups in total. The molecule has 2 saturated heterocycles. The summed E-state index contributed by atoms with van der Waals surface area (Å²) in [6.07, 6.45) is 0.974. The zero-order chi connectivity index (χ0) is 27.4. The minimum atomic E-state index is -0.671. The molecule has 0 bridgehead atoms. The molecule has 1 unspecified atom stereocenters. The minimum absolute atomic E-state index is 0.0594. The molecule has 2 amide bonds. The molecular weight excluding hydrogens is 542 g/mol. The topological polar surface area (TPSA) is 73.9 Å². The summed E-state index contributed by atoms with van der Waals surface area (Å²) in [5, 5.41) is 8.74. The van der Waals surface area contributed by atoms with E-state index in [4.69, 9.17) is 28.0 Å². The molecule has 2 aliphatic rings. The van der Waals surface area contributed by atoms with Crippen LogP contribution in [0.5, 0.6) is 0 Å². The van der Waals surface area contributed by atoms with Crippen molar-refractivity contribution in [1.82, 2.24) is 20.6 Å². The smallest absolute Gasteiger partial charge is 0.351 e. The number of nitrogens with one attached hydrogen (secondary N) is 2. The van der Waals surface area contributed by atoms with Gasteiger partial charge in [0.2, 0.25) is 5.91 Å². The maximum Gasteiger partial charge on any atom is 0.426 e. The summed E-state index contributed by atoms with van der Waals surface area (Å²) >= 11 is 12.0. The molecule has 0 aromatic heterocycles. The fraction of sp³-hybridized carbons (Fsp3) is 0.310. The fourth-order valence-electron chi connectivity index (χ4n) is 5.21. The first-order valence-electron chi connectivity index (χ1n) is 12.8. The van der Waals surface area contributed by atoms with Gasteiger partial charge >= 0.3 is 6.09 Å². The molecule has 3 aromatic carbocycles. The van der Waals surface area contributed by atoms with Crippen molar-refractivity contribution in [3.63, 3.8) is 0 Å². The van der Waals surface area contributed by atoms with Crippen LogP contribution in [-0.4, -0.2) is 46.8 Å². The van der Waals surface area contributed by atoms with Crippen LogP contribution in [0.25, 0.3) is 0 Å². The van der Waals surface area contributed by atoms with Crippen molar-refractivity contribution in [2.45, 2.75) is 44.1 Å². The average molecular weight is 571 g/mol. The van der Waals surface area contributed by atoms with E-state index >= 15 is 0 Å². The molecule has 2 aliphatic heterocycles. The number of nitrogens with zero attached hydrogens (tertiary/aromatic N) is 2. The molecule has 10 heteroatoms. The Balaban J connectivity index is 1.24. The van der Waals surface area contributed by atoms with E-state index < -0.39 is 17.8 Å². The van der Waals surface area contributed by atoms with Crippen molar-refractivity contribution in [3.05, 3.63) is 105 Å². The van der Waals surface area contributed by atoms with E-state index in [2.05, 4.69) is 10.6 Å². The number of piperidine rings is 1. The van der Waals surface area contributed by atoms with Crippen LogP contribution >= 0.6 is 23.2 Å². The van der Waals surface area contributed by atoms with Gasteiger partial charge in [-0.2, -0.15) is 0 Å². The molecule has 1 spiro atoms. The van der Waals surface area contributed by atoms with Crippen LogP contribution in [0.3, 0.4) is 0 Å². The number of rotatable bonds is 7. The summed E-state index contributed by atoms with van der Waals surface area (Å²) in [6, 6.07) is 21.1. The largest absolute Gasteiger partial charge is 0.426 e. The Kier molecular flexibility index (Phi) is 8.37. The lowest BCUT2D eigenvalue weighted by Crippen LogP contribution is -2.59. The summed E-state index contributed by atoms with van der Waals surface area (Å²) < 4.78 is 14.6. The fourth-order valence-corrected chi connectivity index (χ4v) is 5.53. The second-order valence-corrected chi connectivity index (χ2v) is 10.7. The van der Waals surface area contributed by atoms with Gasteiger partial charge in [-0.1, -0.05) is 77.8 Å². The number of hydrogen-bond acceptors (Lipinski definition) is 5. The molecule has 1 atom stereocenters. The zero-order valence-electron chi connectivity index (χ0n) is 21.2. The average Bonchev–Trinajstić information content (AvgIpc) is 3.18. The van der Waals surface area contributed by atoms with Crippen LogP contribution in [0, 0.1) is 5.82 Å². The Morgan fingerprint density at radius 2 is 1.72 bits per heavy atom. The summed E-state index contributed by atoms with van der Waals surface area (Å²) in [6.45, 7) is 1.22. The van der Waals surface area contributed by atoms with E-state index in [-0.39, 0.29) is 24.8 Å². The second kappa shape index (κ2) is 11.9. The van der Waals surface area contributed by atoms with E-state index in [1.165, 1.54) is 6.07 Å². The number of halogens is 3. The molecule has 5 rings (SSSR count). The SMILES string of the molecule is O=C(NCc1ccc(Cl)c(Cl)c1)ON1CCC2(CC1)NC(Cc1ccccc1)C(=O)N2Cc1ccccc1F. The first-order valence-corrected chi connectivity index (χ1v) is 13.6. The summed E-state index contributed by atoms with van der Waals surface area (Å²) in [4.78, 5) is 33.4. The predicted octanol–water partition coefficient (Wildman–Crippen LogP) is 5.31. The van der Waals surface area contributed by atoms with E-state index in [0.717, 1.165) is 11.1 Å². The highest BCUT2D eigenvalue weighted by molar-refractivity contribution is 6.42. The number of carbonyl (C=O) groups is 2. The first-order chi connectivity index (χ1) is 18.8. The normalized spacial score (nSPS) is 18.9. The highest BCUT2D eigenvalue weighted by Gasteiger charge is 2.51. The van der Waals surface area contributed by atoms with Gasteiger partial charge in [0.05, 0.1) is 28.3 Å². The van der Waals surface area contributed by atoms with E-state index in [0.29, 0.717) is 48.0 Å². The third kappa shape index (κ3) is 6.36. The van der Waals surface area contributed by atoms with E-state index in [1.54, 1.807) is 46.4 Å². The number of hydrogen-bond donors (Lipinski definition) is 2. The van der Waals surface area contributed by atoms with Gasteiger partial charge in [-0.05, 0) is 35.7 Å². The summed E-state index contributed by atoms with van der Waals surface area (Å²) in [5.41, 5.74) is 1.63. The van der Waals surface area contributed by atoms with Gasteiger partial charge in [0, 0.05) is 38.0 Å². The Hall–Kier alpha value is -3.17. The highest BCUT2D eigenvalue weighted by atomic mass is 35.5. The van der Waals surface area contributed by atoms with Crippen LogP contribution < -0.4 is 10.6 Å². The molecule has 0 radical (unpaired) electrons. The molecule has 7 nitrogen and oxygen atoms in total. The van der Waals surface area contributed by atoms with Crippen LogP contribution in [0.2, 0.25) is 10.0 Å². The molecule has 2 fully saturated rings. The van der Waals surface area contributed by atoms with Crippen LogP contribution in [-0.2, 0) is 29.1 Å². The van der Waals surface area contributed by atoms with Crippen molar-refractivity contribution < 1.29 is 18.8 Å². The van der Waals surface area contributed by atoms with Gasteiger partial charge < -0.3 is 15.1 Å². The molecule has 2 heterocycles. The number of amides is 2. The van der Waals surface area contributed by atoms with Gasteiger partial charge in [0.1, 0.15) is 5.82 Å². The molecular formula is C29H29Cl2FN4O3. The maximum absolute atomic E-state index is 14.6. The highest BCUT2D eigenvalue weighted by Crippen LogP contribution is 2.35. The maximum atomic E-state index is 14.6. The van der Waals surface area contributed by atoms with Crippen molar-refractivity contribution >= 4 is 35.2 Å². The standard InChI is InChI=1S/C29H29Cl2FN4O3/c30-23-11-10-21(16-24(23)31)18-33-28(38)39-35-14-12-29(13-15-35)34-26(17-20-6-2-1-3-7-20)27(37)36(29)19-22-8-4-5-9-25(22)32/h1-11,16,26,34H,12-15,17-19H2,(H,33,38). The lowest BCUT2D eigenvalue weighted by molar-refractivity contribution is -0.148. The Labute approximate surface area is 236 Å². The lowest BCUT2D eigenvalue weighted by atomic mass is 9.96. The van der Waals surface area contributed by atoms with Crippen molar-refractivity contribution in [2.75, 3.05) is 13.1 Å². The number of hydroxylamine groups is 2. The lowest BCUT2D eigenvalue weighted by Gasteiger charge is -2.43. The van der Waals surface area contributed by atoms with E-state index in [1.807, 2.05) is 30.3 Å². The van der Waals surface area contributed by atoms with Gasteiger partial charge in [0.25, 0.3) is 0 Å². The quantitative estimate of drug-likeness (QED) is 0.402. The van der Waals surface area contributed by atoms with Gasteiger partial charge in [0.15, 0.2) is 0 Å². The molecule has 3 aromatic rings. The van der Waals surface area contributed by atoms with Crippen LogP contribution in [0.15, 0.2) is 72.8 Å². The predicted molar refractivity (Wildman–Crippen MR) is 147 cm³/mol. The second-order valence-electron chi connectivity index (χ2n) is 9.84. The van der Waals surface area contributed by atoms with Gasteiger partial charge in [-0.15, -0.1) is 5.06 Å². The summed E-state index contributed by atoms with van der Waals surface area (Å²) in [7, 11) is 0. The van der Waals surface area contributed by atoms with Gasteiger partial charge in [-0.3, -0.25) is 10.1 Å². The Morgan fingerprint density at radius 3 is 2.44 bits per heavy atom. The third-order valence-corrected chi connectivity index (χ3v) is 8.01. The first kappa shape index (κ1) is 27.4. The van der Waals surface area contributed by atoms with Crippen molar-refractivity contribution in [1.29, 1.82) is 0 Å². The summed E-state index contributed by atoms with van der Waals surface area (Å²) in [5.74, 6) is -0.401. The monoisotopic (exact) mass is 570 g/mol. The molecule has 0 saturated carbocycles. The molecule has 39 heavy (non-hydrogen) atoms. The van der Waals surface area contributed by atoms with Crippen molar-refractivity contribution in [2.24, 2.45) is 0 Å². The minimum Gasteiger partial charge on any atom is -0.351 e. The van der Waals surface area contributed by atoms with Crippen LogP contribution in [0.1, 0.15) is 29.5 Å². The third-order valence-electron chi connectivity index (χ3n) is 7.28. The number of carbonyl (C=O) groups excluding carboxylic acids is 2.